The van der Waals surface area contributed by atoms with Crippen molar-refractivity contribution in [3.63, 3.8) is 0 Å². The third-order valence-electron chi connectivity index (χ3n) is 2.97. The zero-order chi connectivity index (χ0) is 14.5. The molecule has 0 aromatic heterocycles. The van der Waals surface area contributed by atoms with Crippen molar-refractivity contribution >= 4 is 11.9 Å². The molecule has 0 saturated carbocycles. The smallest absolute Gasteiger partial charge is 0.323 e. The van der Waals surface area contributed by atoms with E-state index in [1.54, 1.807) is 13.8 Å². The van der Waals surface area contributed by atoms with Crippen LogP contribution >= 0.6 is 0 Å². The number of nitrogens with two attached hydrogens (primary N) is 1. The fourth-order valence-corrected chi connectivity index (χ4v) is 1.46. The molecule has 1 atom stereocenters. The van der Waals surface area contributed by atoms with Crippen LogP contribution < -0.4 is 5.73 Å². The quantitative estimate of drug-likeness (QED) is 0.811. The standard InChI is InChI=1S/C14H19NO4/c1-14(2,11(15)12(16)18-3)13(17)19-9-10-7-5-4-6-8-10/h4-8,11H,9,15H2,1-3H3. The predicted molar refractivity (Wildman–Crippen MR) is 70.0 cm³/mol. The fourth-order valence-electron chi connectivity index (χ4n) is 1.46. The van der Waals surface area contributed by atoms with E-state index in [2.05, 4.69) is 4.74 Å². The van der Waals surface area contributed by atoms with Crippen LogP contribution in [0.25, 0.3) is 0 Å². The zero-order valence-corrected chi connectivity index (χ0v) is 11.4. The molecule has 5 heteroatoms. The highest BCUT2D eigenvalue weighted by Gasteiger charge is 2.41. The van der Waals surface area contributed by atoms with Gasteiger partial charge in [0.25, 0.3) is 0 Å². The summed E-state index contributed by atoms with van der Waals surface area (Å²) in [4.78, 5) is 23.4. The van der Waals surface area contributed by atoms with Crippen LogP contribution in [0, 0.1) is 5.41 Å². The van der Waals surface area contributed by atoms with Crippen molar-refractivity contribution < 1.29 is 19.1 Å². The van der Waals surface area contributed by atoms with E-state index in [1.165, 1.54) is 7.11 Å². The van der Waals surface area contributed by atoms with Crippen molar-refractivity contribution in [3.8, 4) is 0 Å². The van der Waals surface area contributed by atoms with Crippen LogP contribution in [0.1, 0.15) is 19.4 Å². The second-order valence-corrected chi connectivity index (χ2v) is 4.78. The van der Waals surface area contributed by atoms with Crippen molar-refractivity contribution in [2.24, 2.45) is 11.1 Å². The summed E-state index contributed by atoms with van der Waals surface area (Å²) in [5.41, 5.74) is 5.44. The van der Waals surface area contributed by atoms with Crippen molar-refractivity contribution in [2.75, 3.05) is 7.11 Å². The van der Waals surface area contributed by atoms with Crippen LogP contribution in [0.5, 0.6) is 0 Å². The maximum Gasteiger partial charge on any atom is 0.323 e. The molecule has 1 rings (SSSR count). The van der Waals surface area contributed by atoms with Crippen LogP contribution in [0.15, 0.2) is 30.3 Å². The molecule has 0 spiro atoms. The molecule has 19 heavy (non-hydrogen) atoms. The van der Waals surface area contributed by atoms with Crippen LogP contribution in [0.3, 0.4) is 0 Å². The van der Waals surface area contributed by atoms with Crippen LogP contribution in [-0.2, 0) is 25.7 Å². The van der Waals surface area contributed by atoms with Gasteiger partial charge in [0.1, 0.15) is 12.6 Å². The first-order valence-corrected chi connectivity index (χ1v) is 5.94. The van der Waals surface area contributed by atoms with E-state index in [0.717, 1.165) is 5.56 Å². The molecule has 104 valence electrons. The van der Waals surface area contributed by atoms with E-state index in [1.807, 2.05) is 30.3 Å². The summed E-state index contributed by atoms with van der Waals surface area (Å²) in [5.74, 6) is -1.17. The minimum absolute atomic E-state index is 0.150. The van der Waals surface area contributed by atoms with Gasteiger partial charge < -0.3 is 15.2 Å². The molecule has 0 amide bonds. The Labute approximate surface area is 112 Å². The lowest BCUT2D eigenvalue weighted by Crippen LogP contribution is -2.49. The highest BCUT2D eigenvalue weighted by atomic mass is 16.5. The summed E-state index contributed by atoms with van der Waals surface area (Å²) in [6.45, 7) is 3.26. The van der Waals surface area contributed by atoms with Gasteiger partial charge in [0.05, 0.1) is 12.5 Å². The summed E-state index contributed by atoms with van der Waals surface area (Å²) < 4.78 is 9.72. The highest BCUT2D eigenvalue weighted by Crippen LogP contribution is 2.22. The van der Waals surface area contributed by atoms with Gasteiger partial charge in [-0.2, -0.15) is 0 Å². The van der Waals surface area contributed by atoms with Gasteiger partial charge in [-0.05, 0) is 19.4 Å². The average Bonchev–Trinajstić information content (AvgIpc) is 2.43. The molecule has 0 aliphatic rings. The molecule has 2 N–H and O–H groups in total. The molecule has 1 unspecified atom stereocenters. The predicted octanol–water partition coefficient (Wildman–Crippen LogP) is 1.26. The van der Waals surface area contributed by atoms with Crippen molar-refractivity contribution in [1.29, 1.82) is 0 Å². The van der Waals surface area contributed by atoms with Crippen molar-refractivity contribution in [3.05, 3.63) is 35.9 Å². The molecule has 0 heterocycles. The number of carbonyl (C=O) groups is 2. The molecule has 0 radical (unpaired) electrons. The molecular formula is C14H19NO4. The largest absolute Gasteiger partial charge is 0.468 e. The number of carbonyl (C=O) groups excluding carboxylic acids is 2. The Bertz CT molecular complexity index is 442. The molecule has 0 aliphatic heterocycles. The Morgan fingerprint density at radius 1 is 1.26 bits per heavy atom. The zero-order valence-electron chi connectivity index (χ0n) is 11.4. The average molecular weight is 265 g/mol. The van der Waals surface area contributed by atoms with E-state index in [4.69, 9.17) is 10.5 Å². The number of hydrogen-bond acceptors (Lipinski definition) is 5. The Hall–Kier alpha value is -1.88. The Morgan fingerprint density at radius 2 is 1.84 bits per heavy atom. The van der Waals surface area contributed by atoms with Crippen LogP contribution in [0.4, 0.5) is 0 Å². The summed E-state index contributed by atoms with van der Waals surface area (Å²) in [7, 11) is 1.23. The summed E-state index contributed by atoms with van der Waals surface area (Å²) in [5, 5.41) is 0. The van der Waals surface area contributed by atoms with Gasteiger partial charge in [-0.15, -0.1) is 0 Å². The summed E-state index contributed by atoms with van der Waals surface area (Å²) in [6.07, 6.45) is 0. The summed E-state index contributed by atoms with van der Waals surface area (Å²) in [6, 6.07) is 8.23. The van der Waals surface area contributed by atoms with E-state index >= 15 is 0 Å². The van der Waals surface area contributed by atoms with Gasteiger partial charge in [-0.1, -0.05) is 30.3 Å². The van der Waals surface area contributed by atoms with Gasteiger partial charge in [0, 0.05) is 0 Å². The normalized spacial score (nSPS) is 12.6. The van der Waals surface area contributed by atoms with E-state index in [9.17, 15) is 9.59 Å². The molecule has 1 aromatic carbocycles. The van der Waals surface area contributed by atoms with E-state index in [-0.39, 0.29) is 6.61 Å². The number of methoxy groups -OCH3 is 1. The van der Waals surface area contributed by atoms with Crippen molar-refractivity contribution in [1.82, 2.24) is 0 Å². The third kappa shape index (κ3) is 3.79. The Balaban J connectivity index is 2.64. The highest BCUT2D eigenvalue weighted by molar-refractivity contribution is 5.87. The molecule has 1 aromatic rings. The molecule has 5 nitrogen and oxygen atoms in total. The van der Waals surface area contributed by atoms with Gasteiger partial charge in [-0.25, -0.2) is 0 Å². The van der Waals surface area contributed by atoms with Gasteiger partial charge in [-0.3, -0.25) is 9.59 Å². The molecule has 0 aliphatic carbocycles. The van der Waals surface area contributed by atoms with E-state index in [0.29, 0.717) is 0 Å². The lowest BCUT2D eigenvalue weighted by Gasteiger charge is -2.27. The summed E-state index contributed by atoms with van der Waals surface area (Å²) >= 11 is 0. The first-order chi connectivity index (χ1) is 8.89. The topological polar surface area (TPSA) is 78.6 Å². The maximum atomic E-state index is 12.0. The Kier molecular flexibility index (Phi) is 5.06. The fraction of sp³-hybridized carbons (Fsp3) is 0.429. The monoisotopic (exact) mass is 265 g/mol. The number of rotatable bonds is 5. The molecule has 0 fully saturated rings. The minimum Gasteiger partial charge on any atom is -0.468 e. The van der Waals surface area contributed by atoms with Gasteiger partial charge in [0.2, 0.25) is 0 Å². The molecule has 0 bridgehead atoms. The first kappa shape index (κ1) is 15.2. The first-order valence-electron chi connectivity index (χ1n) is 5.94. The number of benzene rings is 1. The van der Waals surface area contributed by atoms with Gasteiger partial charge in [0.15, 0.2) is 0 Å². The molecular weight excluding hydrogens is 246 g/mol. The Morgan fingerprint density at radius 3 is 2.37 bits per heavy atom. The third-order valence-corrected chi connectivity index (χ3v) is 2.97. The minimum atomic E-state index is -1.14. The number of esters is 2. The van der Waals surface area contributed by atoms with Crippen molar-refractivity contribution in [2.45, 2.75) is 26.5 Å². The van der Waals surface area contributed by atoms with E-state index < -0.39 is 23.4 Å². The molecule has 0 saturated heterocycles. The van der Waals surface area contributed by atoms with Gasteiger partial charge >= 0.3 is 11.9 Å². The lowest BCUT2D eigenvalue weighted by atomic mass is 9.85. The van der Waals surface area contributed by atoms with Crippen LogP contribution in [-0.4, -0.2) is 25.1 Å². The lowest BCUT2D eigenvalue weighted by molar-refractivity contribution is -0.162. The SMILES string of the molecule is COC(=O)C(N)C(C)(C)C(=O)OCc1ccccc1. The number of hydrogen-bond donors (Lipinski definition) is 1. The van der Waals surface area contributed by atoms with Crippen LogP contribution in [0.2, 0.25) is 0 Å². The number of ether oxygens (including phenoxy) is 2. The maximum absolute atomic E-state index is 12.0. The second kappa shape index (κ2) is 6.33. The second-order valence-electron chi connectivity index (χ2n) is 4.78.